The molecular formula is C22H32ClN5O. The number of piperidine rings is 1. The fourth-order valence-electron chi connectivity index (χ4n) is 4.39. The number of hydrogen-bond donors (Lipinski definition) is 1. The molecule has 0 radical (unpaired) electrons. The molecule has 0 bridgehead atoms. The number of nitrogens with zero attached hydrogens (tertiary/aromatic N) is 4. The Labute approximate surface area is 179 Å². The quantitative estimate of drug-likeness (QED) is 0.810. The Morgan fingerprint density at radius 2 is 1.90 bits per heavy atom. The van der Waals surface area contributed by atoms with E-state index in [0.717, 1.165) is 63.6 Å². The highest BCUT2D eigenvalue weighted by molar-refractivity contribution is 5.85. The van der Waals surface area contributed by atoms with Gasteiger partial charge in [-0.3, -0.25) is 4.79 Å². The summed E-state index contributed by atoms with van der Waals surface area (Å²) in [5.41, 5.74) is 2.60. The molecule has 1 unspecified atom stereocenters. The van der Waals surface area contributed by atoms with E-state index in [1.54, 1.807) is 0 Å². The summed E-state index contributed by atoms with van der Waals surface area (Å²) in [7, 11) is 0. The van der Waals surface area contributed by atoms with Gasteiger partial charge >= 0.3 is 0 Å². The number of fused-ring (bicyclic) bond motifs is 1. The number of amides is 1. The van der Waals surface area contributed by atoms with E-state index in [-0.39, 0.29) is 24.2 Å². The minimum atomic E-state index is 0. The molecule has 1 fully saturated rings. The topological polar surface area (TPSA) is 63.1 Å². The SMILES string of the molecule is CCc1ccc(C(C)CC(=O)N2CCC(c3nnc4n3CCNC4)CC2)cc1.Cl. The van der Waals surface area contributed by atoms with Crippen LogP contribution in [0.3, 0.4) is 0 Å². The summed E-state index contributed by atoms with van der Waals surface area (Å²) in [5, 5.41) is 12.1. The molecule has 1 aromatic carbocycles. The molecule has 1 N–H and O–H groups in total. The number of aryl methyl sites for hydroxylation is 1. The standard InChI is InChI=1S/C22H31N5O.ClH/c1-3-17-4-6-18(7-5-17)16(2)14-21(28)26-11-8-19(9-12-26)22-25-24-20-15-23-10-13-27(20)22;/h4-7,16,19,23H,3,8-15H2,1-2H3;1H. The fraction of sp³-hybridized carbons (Fsp3) is 0.591. The van der Waals surface area contributed by atoms with Crippen molar-refractivity contribution < 1.29 is 4.79 Å². The van der Waals surface area contributed by atoms with Gasteiger partial charge in [0.25, 0.3) is 0 Å². The van der Waals surface area contributed by atoms with Crippen LogP contribution in [0.2, 0.25) is 0 Å². The number of hydrogen-bond acceptors (Lipinski definition) is 4. The van der Waals surface area contributed by atoms with E-state index in [1.807, 2.05) is 4.90 Å². The molecule has 7 heteroatoms. The Morgan fingerprint density at radius 3 is 2.59 bits per heavy atom. The second-order valence-corrected chi connectivity index (χ2v) is 8.16. The average Bonchev–Trinajstić information content (AvgIpc) is 3.18. The van der Waals surface area contributed by atoms with Crippen molar-refractivity contribution in [2.24, 2.45) is 0 Å². The minimum Gasteiger partial charge on any atom is -0.343 e. The Bertz CT molecular complexity index is 811. The van der Waals surface area contributed by atoms with Gasteiger partial charge in [-0.05, 0) is 36.3 Å². The Balaban J connectivity index is 0.00000240. The van der Waals surface area contributed by atoms with Gasteiger partial charge in [-0.15, -0.1) is 22.6 Å². The third kappa shape index (κ3) is 4.81. The first-order valence-electron chi connectivity index (χ1n) is 10.6. The molecule has 2 aromatic rings. The van der Waals surface area contributed by atoms with E-state index < -0.39 is 0 Å². The molecule has 1 amide bonds. The summed E-state index contributed by atoms with van der Waals surface area (Å²) in [6, 6.07) is 8.70. The van der Waals surface area contributed by atoms with Crippen LogP contribution in [0.4, 0.5) is 0 Å². The molecule has 0 aliphatic carbocycles. The maximum absolute atomic E-state index is 12.8. The second-order valence-electron chi connectivity index (χ2n) is 8.16. The van der Waals surface area contributed by atoms with Gasteiger partial charge in [0.1, 0.15) is 11.6 Å². The number of nitrogens with one attached hydrogen (secondary N) is 1. The van der Waals surface area contributed by atoms with Crippen LogP contribution in [-0.2, 0) is 24.3 Å². The predicted octanol–water partition coefficient (Wildman–Crippen LogP) is 3.27. The summed E-state index contributed by atoms with van der Waals surface area (Å²) in [6.07, 6.45) is 3.60. The highest BCUT2D eigenvalue weighted by Gasteiger charge is 2.29. The Kier molecular flexibility index (Phi) is 7.30. The Morgan fingerprint density at radius 1 is 1.17 bits per heavy atom. The van der Waals surface area contributed by atoms with E-state index in [1.165, 1.54) is 11.1 Å². The van der Waals surface area contributed by atoms with Crippen LogP contribution in [-0.4, -0.2) is 45.2 Å². The number of aromatic nitrogens is 3. The second kappa shape index (κ2) is 9.72. The number of rotatable bonds is 5. The smallest absolute Gasteiger partial charge is 0.223 e. The van der Waals surface area contributed by atoms with Crippen LogP contribution in [0.5, 0.6) is 0 Å². The maximum atomic E-state index is 12.8. The van der Waals surface area contributed by atoms with Gasteiger partial charge in [0.05, 0.1) is 6.54 Å². The molecule has 2 aliphatic heterocycles. The molecule has 158 valence electrons. The first-order chi connectivity index (χ1) is 13.7. The van der Waals surface area contributed by atoms with E-state index in [4.69, 9.17) is 0 Å². The van der Waals surface area contributed by atoms with Gasteiger partial charge in [-0.1, -0.05) is 38.1 Å². The minimum absolute atomic E-state index is 0. The predicted molar refractivity (Wildman–Crippen MR) is 116 cm³/mol. The van der Waals surface area contributed by atoms with Crippen LogP contribution in [0.25, 0.3) is 0 Å². The Hall–Kier alpha value is -1.92. The first kappa shape index (κ1) is 21.8. The number of halogens is 1. The van der Waals surface area contributed by atoms with Crippen molar-refractivity contribution in [3.8, 4) is 0 Å². The van der Waals surface area contributed by atoms with Gasteiger partial charge in [-0.2, -0.15) is 0 Å². The lowest BCUT2D eigenvalue weighted by Gasteiger charge is -2.32. The van der Waals surface area contributed by atoms with Crippen molar-refractivity contribution in [2.75, 3.05) is 19.6 Å². The van der Waals surface area contributed by atoms with Crippen molar-refractivity contribution in [2.45, 2.75) is 64.5 Å². The van der Waals surface area contributed by atoms with Crippen molar-refractivity contribution in [1.29, 1.82) is 0 Å². The molecule has 29 heavy (non-hydrogen) atoms. The van der Waals surface area contributed by atoms with Crippen molar-refractivity contribution >= 4 is 18.3 Å². The fourth-order valence-corrected chi connectivity index (χ4v) is 4.39. The van der Waals surface area contributed by atoms with Crippen LogP contribution in [0, 0.1) is 0 Å². The highest BCUT2D eigenvalue weighted by atomic mass is 35.5. The lowest BCUT2D eigenvalue weighted by Crippen LogP contribution is -2.39. The van der Waals surface area contributed by atoms with E-state index >= 15 is 0 Å². The zero-order valence-electron chi connectivity index (χ0n) is 17.4. The van der Waals surface area contributed by atoms with Gasteiger partial charge in [-0.25, -0.2) is 0 Å². The van der Waals surface area contributed by atoms with Gasteiger partial charge in [0.2, 0.25) is 5.91 Å². The summed E-state index contributed by atoms with van der Waals surface area (Å²) >= 11 is 0. The number of carbonyl (C=O) groups excluding carboxylic acids is 1. The molecule has 1 atom stereocenters. The van der Waals surface area contributed by atoms with E-state index in [2.05, 4.69) is 58.2 Å². The van der Waals surface area contributed by atoms with Crippen LogP contribution < -0.4 is 5.32 Å². The molecule has 6 nitrogen and oxygen atoms in total. The van der Waals surface area contributed by atoms with Gasteiger partial charge < -0.3 is 14.8 Å². The third-order valence-corrected chi connectivity index (χ3v) is 6.30. The number of benzene rings is 1. The number of likely N-dealkylation sites (tertiary alicyclic amines) is 1. The molecule has 4 rings (SSSR count). The zero-order chi connectivity index (χ0) is 19.5. The third-order valence-electron chi connectivity index (χ3n) is 6.30. The molecule has 0 spiro atoms. The van der Waals surface area contributed by atoms with Crippen molar-refractivity contribution in [3.63, 3.8) is 0 Å². The summed E-state index contributed by atoms with van der Waals surface area (Å²) in [5.74, 6) is 3.11. The summed E-state index contributed by atoms with van der Waals surface area (Å²) in [6.45, 7) is 8.70. The van der Waals surface area contributed by atoms with Gasteiger partial charge in [0.15, 0.2) is 0 Å². The summed E-state index contributed by atoms with van der Waals surface area (Å²) < 4.78 is 2.28. The van der Waals surface area contributed by atoms with Crippen LogP contribution in [0.1, 0.15) is 67.7 Å². The average molecular weight is 418 g/mol. The molecule has 3 heterocycles. The lowest BCUT2D eigenvalue weighted by molar-refractivity contribution is -0.132. The first-order valence-corrected chi connectivity index (χ1v) is 10.6. The number of carbonyl (C=O) groups is 1. The van der Waals surface area contributed by atoms with E-state index in [0.29, 0.717) is 12.3 Å². The molecule has 0 saturated carbocycles. The maximum Gasteiger partial charge on any atom is 0.223 e. The van der Waals surface area contributed by atoms with Crippen LogP contribution >= 0.6 is 12.4 Å². The van der Waals surface area contributed by atoms with Gasteiger partial charge in [0, 0.05) is 38.5 Å². The highest BCUT2D eigenvalue weighted by Crippen LogP contribution is 2.29. The monoisotopic (exact) mass is 417 g/mol. The molecular weight excluding hydrogens is 386 g/mol. The molecule has 1 saturated heterocycles. The van der Waals surface area contributed by atoms with Crippen molar-refractivity contribution in [3.05, 3.63) is 47.0 Å². The normalized spacial score (nSPS) is 18.1. The molecule has 1 aromatic heterocycles. The zero-order valence-corrected chi connectivity index (χ0v) is 18.2. The summed E-state index contributed by atoms with van der Waals surface area (Å²) in [4.78, 5) is 14.9. The van der Waals surface area contributed by atoms with Crippen molar-refractivity contribution in [1.82, 2.24) is 25.0 Å². The molecule has 2 aliphatic rings. The largest absolute Gasteiger partial charge is 0.343 e. The van der Waals surface area contributed by atoms with E-state index in [9.17, 15) is 4.79 Å². The van der Waals surface area contributed by atoms with Crippen LogP contribution in [0.15, 0.2) is 24.3 Å². The lowest BCUT2D eigenvalue weighted by atomic mass is 9.93.